The minimum Gasteiger partial charge on any atom is -0.383 e. The van der Waals surface area contributed by atoms with E-state index in [4.69, 9.17) is 5.73 Å². The number of imidazole rings is 1. The van der Waals surface area contributed by atoms with Gasteiger partial charge in [-0.3, -0.25) is 4.79 Å². The van der Waals surface area contributed by atoms with Crippen molar-refractivity contribution in [2.24, 2.45) is 7.05 Å². The van der Waals surface area contributed by atoms with Gasteiger partial charge in [-0.2, -0.15) is 0 Å². The predicted octanol–water partition coefficient (Wildman–Crippen LogP) is 0.823. The number of ketones is 1. The van der Waals surface area contributed by atoms with E-state index in [9.17, 15) is 4.79 Å². The van der Waals surface area contributed by atoms with E-state index in [0.29, 0.717) is 11.5 Å². The molecule has 0 spiro atoms. The van der Waals surface area contributed by atoms with Gasteiger partial charge in [0.15, 0.2) is 5.78 Å². The summed E-state index contributed by atoms with van der Waals surface area (Å²) in [7, 11) is 1.78. The molecular weight excluding hydrogens is 204 g/mol. The summed E-state index contributed by atoms with van der Waals surface area (Å²) in [4.78, 5) is 19.7. The maximum absolute atomic E-state index is 11.9. The Balaban J connectivity index is 2.21. The number of Topliss-reactive ketones (excluding diaryl/α,β-unsaturated/α-hetero) is 1. The van der Waals surface area contributed by atoms with Gasteiger partial charge in [-0.25, -0.2) is 9.97 Å². The molecule has 0 fully saturated rings. The Bertz CT molecular complexity index is 518. The smallest absolute Gasteiger partial charge is 0.185 e. The molecule has 0 unspecified atom stereocenters. The number of nitrogen functional groups attached to an aromatic ring is 1. The lowest BCUT2D eigenvalue weighted by atomic mass is 10.1. The highest BCUT2D eigenvalue weighted by atomic mass is 16.1. The van der Waals surface area contributed by atoms with Crippen LogP contribution < -0.4 is 5.73 Å². The van der Waals surface area contributed by atoms with Crippen molar-refractivity contribution in [1.82, 2.24) is 14.5 Å². The Hall–Kier alpha value is -2.17. The second-order valence-electron chi connectivity index (χ2n) is 3.54. The molecule has 2 aromatic heterocycles. The molecule has 0 aliphatic carbocycles. The highest BCUT2D eigenvalue weighted by molar-refractivity contribution is 5.96. The molecule has 0 bridgehead atoms. The van der Waals surface area contributed by atoms with Gasteiger partial charge < -0.3 is 10.3 Å². The number of rotatable bonds is 3. The summed E-state index contributed by atoms with van der Waals surface area (Å²) in [5.74, 6) is 0.387. The van der Waals surface area contributed by atoms with Gasteiger partial charge in [-0.15, -0.1) is 0 Å². The van der Waals surface area contributed by atoms with Crippen LogP contribution in [0.4, 0.5) is 5.82 Å². The zero-order valence-corrected chi connectivity index (χ0v) is 8.92. The van der Waals surface area contributed by atoms with Crippen molar-refractivity contribution in [2.45, 2.75) is 6.42 Å². The van der Waals surface area contributed by atoms with E-state index < -0.39 is 0 Å². The van der Waals surface area contributed by atoms with Crippen LogP contribution in [0.1, 0.15) is 16.1 Å². The topological polar surface area (TPSA) is 73.8 Å². The Morgan fingerprint density at radius 2 is 2.38 bits per heavy atom. The van der Waals surface area contributed by atoms with Crippen LogP contribution in [-0.4, -0.2) is 20.3 Å². The fourth-order valence-corrected chi connectivity index (χ4v) is 1.49. The maximum Gasteiger partial charge on any atom is 0.185 e. The fourth-order valence-electron chi connectivity index (χ4n) is 1.49. The van der Waals surface area contributed by atoms with Crippen LogP contribution >= 0.6 is 0 Å². The van der Waals surface area contributed by atoms with Crippen molar-refractivity contribution in [3.8, 4) is 0 Å². The van der Waals surface area contributed by atoms with Crippen LogP contribution in [0, 0.1) is 0 Å². The van der Waals surface area contributed by atoms with E-state index >= 15 is 0 Å². The Labute approximate surface area is 92.9 Å². The zero-order valence-electron chi connectivity index (χ0n) is 8.92. The SMILES string of the molecule is Cn1cncc1C(=O)Cc1cccnc1N. The molecule has 2 heterocycles. The van der Waals surface area contributed by atoms with Gasteiger partial charge in [-0.1, -0.05) is 6.07 Å². The van der Waals surface area contributed by atoms with Crippen LogP contribution in [0.15, 0.2) is 30.9 Å². The first-order chi connectivity index (χ1) is 7.68. The van der Waals surface area contributed by atoms with Gasteiger partial charge in [0.05, 0.1) is 12.5 Å². The number of carbonyl (C=O) groups is 1. The minimum absolute atomic E-state index is 0.0142. The molecule has 16 heavy (non-hydrogen) atoms. The molecule has 0 atom stereocenters. The molecule has 0 aromatic carbocycles. The first kappa shape index (κ1) is 10.4. The standard InChI is InChI=1S/C11H12N4O/c1-15-7-13-6-9(15)10(16)5-8-3-2-4-14-11(8)12/h2-4,6-7H,5H2,1H3,(H2,12,14). The molecule has 82 valence electrons. The number of aryl methyl sites for hydroxylation is 1. The van der Waals surface area contributed by atoms with E-state index in [1.54, 1.807) is 42.5 Å². The number of hydrogen-bond donors (Lipinski definition) is 1. The maximum atomic E-state index is 11.9. The summed E-state index contributed by atoms with van der Waals surface area (Å²) in [5, 5.41) is 0. The molecule has 2 N–H and O–H groups in total. The molecule has 0 aliphatic rings. The van der Waals surface area contributed by atoms with E-state index in [2.05, 4.69) is 9.97 Å². The number of nitrogens with zero attached hydrogens (tertiary/aromatic N) is 3. The highest BCUT2D eigenvalue weighted by Crippen LogP contribution is 2.11. The first-order valence-corrected chi connectivity index (χ1v) is 4.87. The van der Waals surface area contributed by atoms with Gasteiger partial charge in [0.25, 0.3) is 0 Å². The fraction of sp³-hybridized carbons (Fsp3) is 0.182. The molecule has 2 rings (SSSR count). The molecule has 0 saturated heterocycles. The second-order valence-corrected chi connectivity index (χ2v) is 3.54. The predicted molar refractivity (Wildman–Crippen MR) is 59.9 cm³/mol. The van der Waals surface area contributed by atoms with Gasteiger partial charge in [0.2, 0.25) is 0 Å². The number of hydrogen-bond acceptors (Lipinski definition) is 4. The number of anilines is 1. The summed E-state index contributed by atoms with van der Waals surface area (Å²) in [5.41, 5.74) is 6.99. The lowest BCUT2D eigenvalue weighted by Gasteiger charge is -2.03. The molecule has 0 amide bonds. The van der Waals surface area contributed by atoms with Crippen molar-refractivity contribution < 1.29 is 4.79 Å². The second kappa shape index (κ2) is 4.14. The van der Waals surface area contributed by atoms with E-state index in [-0.39, 0.29) is 12.2 Å². The molecule has 5 nitrogen and oxygen atoms in total. The summed E-state index contributed by atoms with van der Waals surface area (Å²) in [6.07, 6.45) is 5.00. The highest BCUT2D eigenvalue weighted by Gasteiger charge is 2.12. The van der Waals surface area contributed by atoms with Crippen LogP contribution in [0.2, 0.25) is 0 Å². The molecule has 5 heteroatoms. The third-order valence-electron chi connectivity index (χ3n) is 2.38. The van der Waals surface area contributed by atoms with Crippen molar-refractivity contribution in [3.63, 3.8) is 0 Å². The summed E-state index contributed by atoms with van der Waals surface area (Å²) >= 11 is 0. The van der Waals surface area contributed by atoms with Gasteiger partial charge in [-0.05, 0) is 6.07 Å². The van der Waals surface area contributed by atoms with Crippen molar-refractivity contribution in [2.75, 3.05) is 5.73 Å². The molecule has 0 saturated carbocycles. The van der Waals surface area contributed by atoms with Crippen molar-refractivity contribution in [1.29, 1.82) is 0 Å². The Morgan fingerprint density at radius 3 is 3.00 bits per heavy atom. The molecular formula is C11H12N4O. The monoisotopic (exact) mass is 216 g/mol. The van der Waals surface area contributed by atoms with Gasteiger partial charge in [0.1, 0.15) is 11.5 Å². The minimum atomic E-state index is -0.0142. The lowest BCUT2D eigenvalue weighted by molar-refractivity contribution is 0.0985. The summed E-state index contributed by atoms with van der Waals surface area (Å²) in [6, 6.07) is 3.57. The Kier molecular flexibility index (Phi) is 2.68. The number of aromatic nitrogens is 3. The largest absolute Gasteiger partial charge is 0.383 e. The van der Waals surface area contributed by atoms with Crippen LogP contribution in [0.5, 0.6) is 0 Å². The number of carbonyl (C=O) groups excluding carboxylic acids is 1. The zero-order chi connectivity index (χ0) is 11.5. The molecule has 0 aliphatic heterocycles. The average Bonchev–Trinajstić information content (AvgIpc) is 2.68. The third kappa shape index (κ3) is 1.93. The van der Waals surface area contributed by atoms with Gasteiger partial charge in [0, 0.05) is 25.2 Å². The number of nitrogens with two attached hydrogens (primary N) is 1. The molecule has 2 aromatic rings. The lowest BCUT2D eigenvalue weighted by Crippen LogP contribution is -2.10. The van der Waals surface area contributed by atoms with Crippen LogP contribution in [0.3, 0.4) is 0 Å². The average molecular weight is 216 g/mol. The van der Waals surface area contributed by atoms with E-state index in [1.165, 1.54) is 0 Å². The van der Waals surface area contributed by atoms with Crippen LogP contribution in [0.25, 0.3) is 0 Å². The molecule has 0 radical (unpaired) electrons. The first-order valence-electron chi connectivity index (χ1n) is 4.87. The van der Waals surface area contributed by atoms with Crippen molar-refractivity contribution >= 4 is 11.6 Å². The van der Waals surface area contributed by atoms with Crippen LogP contribution in [-0.2, 0) is 13.5 Å². The summed E-state index contributed by atoms with van der Waals surface area (Å²) < 4.78 is 1.69. The van der Waals surface area contributed by atoms with E-state index in [0.717, 1.165) is 5.56 Å². The number of pyridine rings is 1. The van der Waals surface area contributed by atoms with Crippen molar-refractivity contribution in [3.05, 3.63) is 42.1 Å². The summed E-state index contributed by atoms with van der Waals surface area (Å²) in [6.45, 7) is 0. The van der Waals surface area contributed by atoms with E-state index in [1.807, 2.05) is 0 Å². The van der Waals surface area contributed by atoms with Gasteiger partial charge >= 0.3 is 0 Å². The normalized spacial score (nSPS) is 10.3. The Morgan fingerprint density at radius 1 is 1.56 bits per heavy atom. The third-order valence-corrected chi connectivity index (χ3v) is 2.38. The quantitative estimate of drug-likeness (QED) is 0.771.